The number of nitrogen functional groups attached to an aromatic ring is 1. The van der Waals surface area contributed by atoms with Crippen LogP contribution in [0, 0.1) is 6.92 Å². The Morgan fingerprint density at radius 2 is 2.04 bits per heavy atom. The first kappa shape index (κ1) is 17.0. The van der Waals surface area contributed by atoms with Crippen molar-refractivity contribution in [3.63, 3.8) is 0 Å². The lowest BCUT2D eigenvalue weighted by molar-refractivity contribution is 0.104. The fraction of sp³-hybridized carbons (Fsp3) is 0.0588. The van der Waals surface area contributed by atoms with Crippen molar-refractivity contribution in [2.24, 2.45) is 0 Å². The van der Waals surface area contributed by atoms with Gasteiger partial charge in [-0.2, -0.15) is 0 Å². The molecule has 0 aliphatic heterocycles. The van der Waals surface area contributed by atoms with Gasteiger partial charge in [-0.15, -0.1) is 0 Å². The lowest BCUT2D eigenvalue weighted by atomic mass is 10.1. The number of hydrogen-bond donors (Lipinski definition) is 2. The Morgan fingerprint density at radius 3 is 2.79 bits per heavy atom. The molecule has 24 heavy (non-hydrogen) atoms. The third-order valence-electron chi connectivity index (χ3n) is 3.46. The Balaban J connectivity index is 1.90. The highest BCUT2D eigenvalue weighted by atomic mass is 79.9. The van der Waals surface area contributed by atoms with E-state index in [1.165, 1.54) is 11.3 Å². The molecule has 0 saturated carbocycles. The number of carbonyl (C=O) groups is 1. The van der Waals surface area contributed by atoms with Crippen molar-refractivity contribution in [1.29, 1.82) is 0 Å². The van der Waals surface area contributed by atoms with E-state index < -0.39 is 0 Å². The second-order valence-corrected chi connectivity index (χ2v) is 7.43. The smallest absolute Gasteiger partial charge is 0.206 e. The number of benzene rings is 2. The summed E-state index contributed by atoms with van der Waals surface area (Å²) in [4.78, 5) is 17.3. The maximum atomic E-state index is 12.6. The molecule has 0 amide bonds. The van der Waals surface area contributed by atoms with Crippen LogP contribution in [0.4, 0.5) is 16.6 Å². The minimum Gasteiger partial charge on any atom is -0.382 e. The van der Waals surface area contributed by atoms with Gasteiger partial charge in [-0.3, -0.25) is 4.79 Å². The molecular weight excluding hydrogens is 410 g/mol. The van der Waals surface area contributed by atoms with Crippen molar-refractivity contribution in [1.82, 2.24) is 4.98 Å². The van der Waals surface area contributed by atoms with Crippen molar-refractivity contribution in [2.45, 2.75) is 6.92 Å². The number of rotatable bonds is 4. The van der Waals surface area contributed by atoms with Gasteiger partial charge in [0.25, 0.3) is 0 Å². The summed E-state index contributed by atoms with van der Waals surface area (Å²) in [5.74, 6) is 0.0642. The number of ketones is 1. The predicted molar refractivity (Wildman–Crippen MR) is 104 cm³/mol. The molecule has 0 fully saturated rings. The van der Waals surface area contributed by atoms with Crippen LogP contribution in [0.15, 0.2) is 46.9 Å². The van der Waals surface area contributed by atoms with Crippen molar-refractivity contribution >= 4 is 61.3 Å². The van der Waals surface area contributed by atoms with Gasteiger partial charge < -0.3 is 11.1 Å². The molecule has 122 valence electrons. The molecule has 0 aliphatic rings. The van der Waals surface area contributed by atoms with Gasteiger partial charge in [0.1, 0.15) is 10.7 Å². The van der Waals surface area contributed by atoms with Gasteiger partial charge in [0.15, 0.2) is 5.13 Å². The normalized spacial score (nSPS) is 10.6. The minimum absolute atomic E-state index is 0.151. The summed E-state index contributed by atoms with van der Waals surface area (Å²) >= 11 is 10.7. The fourth-order valence-corrected chi connectivity index (χ4v) is 3.60. The van der Waals surface area contributed by atoms with E-state index in [9.17, 15) is 4.79 Å². The average molecular weight is 423 g/mol. The summed E-state index contributed by atoms with van der Waals surface area (Å²) in [6.45, 7) is 1.91. The zero-order chi connectivity index (χ0) is 17.3. The van der Waals surface area contributed by atoms with Gasteiger partial charge in [0.05, 0.1) is 0 Å². The molecule has 0 radical (unpaired) electrons. The first-order valence-corrected chi connectivity index (χ1v) is 9.03. The van der Waals surface area contributed by atoms with E-state index in [0.29, 0.717) is 20.6 Å². The molecule has 3 N–H and O–H groups in total. The van der Waals surface area contributed by atoms with E-state index in [2.05, 4.69) is 26.2 Å². The minimum atomic E-state index is -0.151. The van der Waals surface area contributed by atoms with Gasteiger partial charge in [-0.25, -0.2) is 4.98 Å². The number of aromatic nitrogens is 1. The molecule has 0 atom stereocenters. The largest absolute Gasteiger partial charge is 0.382 e. The quantitative estimate of drug-likeness (QED) is 0.551. The highest BCUT2D eigenvalue weighted by molar-refractivity contribution is 9.10. The predicted octanol–water partition coefficient (Wildman–Crippen LogP) is 5.42. The number of thiazole rings is 1. The molecule has 0 bridgehead atoms. The fourth-order valence-electron chi connectivity index (χ4n) is 2.17. The molecule has 0 spiro atoms. The summed E-state index contributed by atoms with van der Waals surface area (Å²) in [5, 5.41) is 4.39. The van der Waals surface area contributed by atoms with Gasteiger partial charge in [-0.1, -0.05) is 57.1 Å². The molecule has 7 heteroatoms. The second-order valence-electron chi connectivity index (χ2n) is 5.11. The third kappa shape index (κ3) is 3.45. The Bertz CT molecular complexity index is 926. The molecule has 0 saturated heterocycles. The lowest BCUT2D eigenvalue weighted by Crippen LogP contribution is -2.02. The number of hydrogen-bond acceptors (Lipinski definition) is 5. The van der Waals surface area contributed by atoms with Crippen LogP contribution in [0.2, 0.25) is 5.02 Å². The standard InChI is InChI=1S/C17H13BrClN3OS/c1-9-12(19)6-3-7-13(9)21-17-22-16(20)15(24-17)14(23)10-4-2-5-11(18)8-10/h2-8H,20H2,1H3,(H,21,22). The SMILES string of the molecule is Cc1c(Cl)cccc1Nc1nc(N)c(C(=O)c2cccc(Br)c2)s1. The van der Waals surface area contributed by atoms with Gasteiger partial charge >= 0.3 is 0 Å². The first-order valence-electron chi connectivity index (χ1n) is 7.04. The number of nitrogens with zero attached hydrogens (tertiary/aromatic N) is 1. The maximum Gasteiger partial charge on any atom is 0.206 e. The number of nitrogens with one attached hydrogen (secondary N) is 1. The van der Waals surface area contributed by atoms with Gasteiger partial charge in [-0.05, 0) is 36.8 Å². The Hall–Kier alpha value is -1.89. The van der Waals surface area contributed by atoms with Crippen LogP contribution < -0.4 is 11.1 Å². The number of anilines is 3. The molecule has 3 rings (SSSR count). The van der Waals surface area contributed by atoms with Crippen LogP contribution in [0.5, 0.6) is 0 Å². The van der Waals surface area contributed by atoms with Crippen LogP contribution in [0.3, 0.4) is 0 Å². The topological polar surface area (TPSA) is 68.0 Å². The highest BCUT2D eigenvalue weighted by Crippen LogP contribution is 2.32. The van der Waals surface area contributed by atoms with Crippen molar-refractivity contribution in [2.75, 3.05) is 11.1 Å². The highest BCUT2D eigenvalue weighted by Gasteiger charge is 2.18. The van der Waals surface area contributed by atoms with Gasteiger partial charge in [0.2, 0.25) is 5.78 Å². The molecule has 1 heterocycles. The van der Waals surface area contributed by atoms with Crippen LogP contribution >= 0.6 is 38.9 Å². The van der Waals surface area contributed by atoms with E-state index in [4.69, 9.17) is 17.3 Å². The summed E-state index contributed by atoms with van der Waals surface area (Å²) in [6.07, 6.45) is 0. The summed E-state index contributed by atoms with van der Waals surface area (Å²) in [6, 6.07) is 12.7. The lowest BCUT2D eigenvalue weighted by Gasteiger charge is -2.07. The summed E-state index contributed by atoms with van der Waals surface area (Å²) < 4.78 is 0.837. The van der Waals surface area contributed by atoms with Crippen molar-refractivity contribution < 1.29 is 4.79 Å². The van der Waals surface area contributed by atoms with Crippen LogP contribution in [0.1, 0.15) is 20.8 Å². The van der Waals surface area contributed by atoms with E-state index in [-0.39, 0.29) is 11.6 Å². The number of carbonyl (C=O) groups excluding carboxylic acids is 1. The van der Waals surface area contributed by atoms with E-state index in [1.807, 2.05) is 37.3 Å². The first-order chi connectivity index (χ1) is 11.5. The van der Waals surface area contributed by atoms with Crippen LogP contribution in [-0.4, -0.2) is 10.8 Å². The monoisotopic (exact) mass is 421 g/mol. The molecule has 1 aromatic heterocycles. The molecule has 0 aliphatic carbocycles. The van der Waals surface area contributed by atoms with Crippen molar-refractivity contribution in [3.05, 3.63) is 68.0 Å². The zero-order valence-electron chi connectivity index (χ0n) is 12.6. The second kappa shape index (κ2) is 6.93. The molecule has 0 unspecified atom stereocenters. The van der Waals surface area contributed by atoms with Crippen LogP contribution in [-0.2, 0) is 0 Å². The molecular formula is C17H13BrClN3OS. The third-order valence-corrected chi connectivity index (χ3v) is 5.34. The van der Waals surface area contributed by atoms with Gasteiger partial charge in [0, 0.05) is 20.7 Å². The maximum absolute atomic E-state index is 12.6. The molecule has 4 nitrogen and oxygen atoms in total. The van der Waals surface area contributed by atoms with E-state index >= 15 is 0 Å². The Labute approximate surface area is 156 Å². The summed E-state index contributed by atoms with van der Waals surface area (Å²) in [5.41, 5.74) is 8.24. The van der Waals surface area contributed by atoms with Crippen LogP contribution in [0.25, 0.3) is 0 Å². The van der Waals surface area contributed by atoms with E-state index in [0.717, 1.165) is 15.7 Å². The van der Waals surface area contributed by atoms with E-state index in [1.54, 1.807) is 12.1 Å². The zero-order valence-corrected chi connectivity index (χ0v) is 15.8. The molecule has 2 aromatic carbocycles. The Morgan fingerprint density at radius 1 is 1.29 bits per heavy atom. The number of nitrogens with two attached hydrogens (primary N) is 1. The number of halogens is 2. The Kier molecular flexibility index (Phi) is 4.89. The van der Waals surface area contributed by atoms with Crippen molar-refractivity contribution in [3.8, 4) is 0 Å². The molecule has 3 aromatic rings. The average Bonchev–Trinajstić information content (AvgIpc) is 2.91. The summed E-state index contributed by atoms with van der Waals surface area (Å²) in [7, 11) is 0.